The number of benzene rings is 2. The molecule has 1 unspecified atom stereocenters. The second kappa shape index (κ2) is 10.1. The third-order valence-corrected chi connectivity index (χ3v) is 6.98. The number of fused-ring (bicyclic) bond motifs is 2. The Kier molecular flexibility index (Phi) is 6.78. The number of ether oxygens (including phenoxy) is 5. The highest BCUT2D eigenvalue weighted by Crippen LogP contribution is 2.36. The Hall–Kier alpha value is -2.64. The molecular formula is C26H34N2O5. The minimum Gasteiger partial charge on any atom is -0.493 e. The fourth-order valence-electron chi connectivity index (χ4n) is 5.19. The summed E-state index contributed by atoms with van der Waals surface area (Å²) in [5, 5.41) is 0. The Morgan fingerprint density at radius 1 is 0.970 bits per heavy atom. The van der Waals surface area contributed by atoms with Crippen molar-refractivity contribution in [1.82, 2.24) is 9.80 Å². The van der Waals surface area contributed by atoms with Gasteiger partial charge in [-0.2, -0.15) is 0 Å². The summed E-state index contributed by atoms with van der Waals surface area (Å²) in [7, 11) is 3.41. The lowest BCUT2D eigenvalue weighted by atomic mass is 9.95. The second-order valence-corrected chi connectivity index (χ2v) is 9.01. The summed E-state index contributed by atoms with van der Waals surface area (Å²) in [6.07, 6.45) is 4.60. The van der Waals surface area contributed by atoms with E-state index in [1.165, 1.54) is 30.5 Å². The molecule has 3 aliphatic rings. The highest BCUT2D eigenvalue weighted by molar-refractivity contribution is 5.48. The fraction of sp³-hybridized carbons (Fsp3) is 0.538. The standard InChI is InChI=1S/C26H34N2O5/c1-29-24-13-19-8-11-28(16-20(19)14-25(24)30-2)21-5-3-9-27(17-21)10-4-12-31-22-6-7-23-26(15-22)33-18-32-23/h6-7,13-15,21H,3-5,8-12,16-18H2,1-2H3. The predicted molar refractivity (Wildman–Crippen MR) is 126 cm³/mol. The SMILES string of the molecule is COc1cc2c(cc1OC)CN(C1CCCN(CCCOc3ccc4c(c3)OCO4)C1)CC2. The van der Waals surface area contributed by atoms with E-state index in [2.05, 4.69) is 21.9 Å². The zero-order valence-corrected chi connectivity index (χ0v) is 19.7. The maximum Gasteiger partial charge on any atom is 0.231 e. The second-order valence-electron chi connectivity index (χ2n) is 9.01. The third-order valence-electron chi connectivity index (χ3n) is 6.98. The molecule has 3 heterocycles. The highest BCUT2D eigenvalue weighted by atomic mass is 16.7. The molecule has 0 aliphatic carbocycles. The quantitative estimate of drug-likeness (QED) is 0.564. The summed E-state index contributed by atoms with van der Waals surface area (Å²) in [6, 6.07) is 10.7. The minimum atomic E-state index is 0.291. The first-order valence-electron chi connectivity index (χ1n) is 12.0. The smallest absolute Gasteiger partial charge is 0.231 e. The van der Waals surface area contributed by atoms with Crippen LogP contribution in [0.25, 0.3) is 0 Å². The van der Waals surface area contributed by atoms with Crippen molar-refractivity contribution >= 4 is 0 Å². The topological polar surface area (TPSA) is 52.6 Å². The van der Waals surface area contributed by atoms with Gasteiger partial charge in [-0.15, -0.1) is 0 Å². The maximum atomic E-state index is 5.95. The number of likely N-dealkylation sites (tertiary alicyclic amines) is 1. The Balaban J connectivity index is 1.11. The van der Waals surface area contributed by atoms with E-state index in [-0.39, 0.29) is 0 Å². The lowest BCUT2D eigenvalue weighted by molar-refractivity contribution is 0.0844. The normalized spacial score (nSPS) is 20.4. The average molecular weight is 455 g/mol. The van der Waals surface area contributed by atoms with Crippen molar-refractivity contribution in [2.45, 2.75) is 38.3 Å². The molecule has 7 heteroatoms. The van der Waals surface area contributed by atoms with Crippen LogP contribution in [0.4, 0.5) is 0 Å². The van der Waals surface area contributed by atoms with Crippen molar-refractivity contribution in [3.05, 3.63) is 41.5 Å². The van der Waals surface area contributed by atoms with Gasteiger partial charge in [-0.3, -0.25) is 4.90 Å². The Labute approximate surface area is 196 Å². The molecule has 0 bridgehead atoms. The molecule has 1 atom stereocenters. The zero-order chi connectivity index (χ0) is 22.6. The first kappa shape index (κ1) is 22.2. The van der Waals surface area contributed by atoms with Gasteiger partial charge >= 0.3 is 0 Å². The van der Waals surface area contributed by atoms with Gasteiger partial charge in [-0.05, 0) is 67.6 Å². The van der Waals surface area contributed by atoms with Gasteiger partial charge in [0.25, 0.3) is 0 Å². The minimum absolute atomic E-state index is 0.291. The number of rotatable bonds is 8. The van der Waals surface area contributed by atoms with Crippen LogP contribution in [0.3, 0.4) is 0 Å². The van der Waals surface area contributed by atoms with Crippen LogP contribution in [0, 0.1) is 0 Å². The van der Waals surface area contributed by atoms with E-state index in [1.807, 2.05) is 18.2 Å². The molecule has 0 spiro atoms. The van der Waals surface area contributed by atoms with Crippen LogP contribution in [0.2, 0.25) is 0 Å². The van der Waals surface area contributed by atoms with Gasteiger partial charge in [0.1, 0.15) is 5.75 Å². The summed E-state index contributed by atoms with van der Waals surface area (Å²) in [4.78, 5) is 5.25. The van der Waals surface area contributed by atoms with Crippen molar-refractivity contribution in [1.29, 1.82) is 0 Å². The van der Waals surface area contributed by atoms with Gasteiger partial charge in [0.05, 0.1) is 20.8 Å². The highest BCUT2D eigenvalue weighted by Gasteiger charge is 2.28. The number of piperidine rings is 1. The van der Waals surface area contributed by atoms with Gasteiger partial charge in [0.2, 0.25) is 6.79 Å². The summed E-state index contributed by atoms with van der Waals surface area (Å²) >= 11 is 0. The van der Waals surface area contributed by atoms with Gasteiger partial charge in [0.15, 0.2) is 23.0 Å². The summed E-state index contributed by atoms with van der Waals surface area (Å²) < 4.78 is 27.8. The van der Waals surface area contributed by atoms with Crippen LogP contribution in [0.1, 0.15) is 30.4 Å². The molecular weight excluding hydrogens is 420 g/mol. The van der Waals surface area contributed by atoms with E-state index in [0.717, 1.165) is 67.8 Å². The van der Waals surface area contributed by atoms with Crippen LogP contribution in [-0.4, -0.2) is 69.6 Å². The van der Waals surface area contributed by atoms with Gasteiger partial charge in [-0.25, -0.2) is 0 Å². The summed E-state index contributed by atoms with van der Waals surface area (Å²) in [6.45, 7) is 6.47. The first-order valence-corrected chi connectivity index (χ1v) is 12.0. The number of hydrogen-bond acceptors (Lipinski definition) is 7. The van der Waals surface area contributed by atoms with Crippen LogP contribution in [0.15, 0.2) is 30.3 Å². The molecule has 1 fully saturated rings. The lowest BCUT2D eigenvalue weighted by Gasteiger charge is -2.41. The fourth-order valence-corrected chi connectivity index (χ4v) is 5.19. The molecule has 2 aromatic rings. The van der Waals surface area contributed by atoms with Crippen molar-refractivity contribution < 1.29 is 23.7 Å². The maximum absolute atomic E-state index is 5.95. The number of hydrogen-bond donors (Lipinski definition) is 0. The van der Waals surface area contributed by atoms with Crippen LogP contribution in [-0.2, 0) is 13.0 Å². The molecule has 0 radical (unpaired) electrons. The monoisotopic (exact) mass is 454 g/mol. The van der Waals surface area contributed by atoms with E-state index in [1.54, 1.807) is 14.2 Å². The molecule has 7 nitrogen and oxygen atoms in total. The van der Waals surface area contributed by atoms with Crippen LogP contribution < -0.4 is 23.7 Å². The van der Waals surface area contributed by atoms with E-state index < -0.39 is 0 Å². The van der Waals surface area contributed by atoms with E-state index in [4.69, 9.17) is 23.7 Å². The summed E-state index contributed by atoms with van der Waals surface area (Å²) in [5.74, 6) is 4.06. The summed E-state index contributed by atoms with van der Waals surface area (Å²) in [5.41, 5.74) is 2.75. The molecule has 0 aromatic heterocycles. The third kappa shape index (κ3) is 4.99. The number of nitrogens with zero attached hydrogens (tertiary/aromatic N) is 2. The van der Waals surface area contributed by atoms with Crippen molar-refractivity contribution in [3.63, 3.8) is 0 Å². The van der Waals surface area contributed by atoms with E-state index in [0.29, 0.717) is 19.4 Å². The molecule has 33 heavy (non-hydrogen) atoms. The average Bonchev–Trinajstić information content (AvgIpc) is 3.33. The van der Waals surface area contributed by atoms with Crippen molar-refractivity contribution in [2.75, 3.05) is 53.8 Å². The Bertz CT molecular complexity index is 966. The molecule has 5 rings (SSSR count). The van der Waals surface area contributed by atoms with Gasteiger partial charge < -0.3 is 28.6 Å². The molecule has 0 saturated carbocycles. The van der Waals surface area contributed by atoms with Crippen molar-refractivity contribution in [2.24, 2.45) is 0 Å². The van der Waals surface area contributed by atoms with Gasteiger partial charge in [-0.1, -0.05) is 0 Å². The van der Waals surface area contributed by atoms with Crippen LogP contribution in [0.5, 0.6) is 28.7 Å². The molecule has 3 aliphatic heterocycles. The number of methoxy groups -OCH3 is 2. The Morgan fingerprint density at radius 2 is 1.79 bits per heavy atom. The van der Waals surface area contributed by atoms with E-state index in [9.17, 15) is 0 Å². The van der Waals surface area contributed by atoms with Crippen LogP contribution >= 0.6 is 0 Å². The molecule has 178 valence electrons. The van der Waals surface area contributed by atoms with Gasteiger partial charge in [0, 0.05) is 38.3 Å². The largest absolute Gasteiger partial charge is 0.493 e. The molecule has 0 N–H and O–H groups in total. The molecule has 1 saturated heterocycles. The lowest BCUT2D eigenvalue weighted by Crippen LogP contribution is -2.49. The van der Waals surface area contributed by atoms with E-state index >= 15 is 0 Å². The predicted octanol–water partition coefficient (Wildman–Crippen LogP) is 3.72. The van der Waals surface area contributed by atoms with Crippen molar-refractivity contribution in [3.8, 4) is 28.7 Å². The first-order chi connectivity index (χ1) is 16.2. The zero-order valence-electron chi connectivity index (χ0n) is 19.7. The molecule has 0 amide bonds. The Morgan fingerprint density at radius 3 is 2.64 bits per heavy atom. The molecule has 2 aromatic carbocycles.